The van der Waals surface area contributed by atoms with Crippen molar-refractivity contribution in [3.05, 3.63) is 82.7 Å². The number of ether oxygens (including phenoxy) is 1. The smallest absolute Gasteiger partial charge is 0.178 e. The molecule has 0 aliphatic rings. The van der Waals surface area contributed by atoms with Gasteiger partial charge in [-0.05, 0) is 71.5 Å². The van der Waals surface area contributed by atoms with E-state index in [4.69, 9.17) is 14.7 Å². The summed E-state index contributed by atoms with van der Waals surface area (Å²) in [5.41, 5.74) is 7.43. The number of benzene rings is 1. The minimum atomic E-state index is 0.601. The van der Waals surface area contributed by atoms with Gasteiger partial charge in [0.15, 0.2) is 17.2 Å². The summed E-state index contributed by atoms with van der Waals surface area (Å²) in [5, 5.41) is 7.58. The predicted molar refractivity (Wildman–Crippen MR) is 145 cm³/mol. The third kappa shape index (κ3) is 4.12. The SMILES string of the molecule is C=C(I)/C=C(\C=C/C)c1ccc2[nH]nc(-c3nc4nccc(-c5cccc(OC)c5)c4[nH]3)c2n1. The summed E-state index contributed by atoms with van der Waals surface area (Å²) < 4.78 is 6.32. The van der Waals surface area contributed by atoms with E-state index in [-0.39, 0.29) is 0 Å². The lowest BCUT2D eigenvalue weighted by atomic mass is 10.1. The highest BCUT2D eigenvalue weighted by atomic mass is 127. The molecule has 0 saturated heterocycles. The second-order valence-electron chi connectivity index (χ2n) is 7.59. The van der Waals surface area contributed by atoms with Crippen molar-refractivity contribution in [2.75, 3.05) is 7.11 Å². The van der Waals surface area contributed by atoms with Crippen LogP contribution in [0.5, 0.6) is 5.75 Å². The van der Waals surface area contributed by atoms with Gasteiger partial charge < -0.3 is 9.72 Å². The number of rotatable bonds is 6. The van der Waals surface area contributed by atoms with Gasteiger partial charge in [0.2, 0.25) is 0 Å². The second-order valence-corrected chi connectivity index (χ2v) is 8.97. The molecule has 0 bridgehead atoms. The van der Waals surface area contributed by atoms with Crippen LogP contribution in [0.3, 0.4) is 0 Å². The highest BCUT2D eigenvalue weighted by Gasteiger charge is 2.17. The summed E-state index contributed by atoms with van der Waals surface area (Å²) in [6.07, 6.45) is 7.76. The molecule has 5 aromatic rings. The van der Waals surface area contributed by atoms with Crippen LogP contribution in [0.4, 0.5) is 0 Å². The molecule has 0 radical (unpaired) electrons. The lowest BCUT2D eigenvalue weighted by Crippen LogP contribution is -1.90. The maximum absolute atomic E-state index is 5.39. The number of pyridine rings is 2. The number of hydrogen-bond acceptors (Lipinski definition) is 5. The number of H-pyrrole nitrogens is 2. The van der Waals surface area contributed by atoms with E-state index in [1.807, 2.05) is 67.6 Å². The van der Waals surface area contributed by atoms with Crippen molar-refractivity contribution in [1.82, 2.24) is 30.1 Å². The molecule has 0 fully saturated rings. The molecule has 1 aromatic carbocycles. The lowest BCUT2D eigenvalue weighted by Gasteiger charge is -2.05. The zero-order chi connectivity index (χ0) is 23.7. The highest BCUT2D eigenvalue weighted by Crippen LogP contribution is 2.32. The van der Waals surface area contributed by atoms with Crippen molar-refractivity contribution < 1.29 is 4.74 Å². The lowest BCUT2D eigenvalue weighted by molar-refractivity contribution is 0.415. The third-order valence-electron chi connectivity index (χ3n) is 5.36. The molecule has 4 aromatic heterocycles. The van der Waals surface area contributed by atoms with Crippen molar-refractivity contribution in [2.24, 2.45) is 0 Å². The molecule has 0 spiro atoms. The number of hydrogen-bond donors (Lipinski definition) is 2. The Hall–Kier alpha value is -3.79. The average molecular weight is 560 g/mol. The quantitative estimate of drug-likeness (QED) is 0.183. The van der Waals surface area contributed by atoms with Crippen molar-refractivity contribution in [2.45, 2.75) is 6.92 Å². The first-order chi connectivity index (χ1) is 16.6. The summed E-state index contributed by atoms with van der Waals surface area (Å²) in [7, 11) is 1.66. The van der Waals surface area contributed by atoms with E-state index in [1.165, 1.54) is 0 Å². The molecule has 0 saturated carbocycles. The van der Waals surface area contributed by atoms with Gasteiger partial charge in [-0.2, -0.15) is 5.10 Å². The molecule has 4 heterocycles. The molecular weight excluding hydrogens is 539 g/mol. The number of halogens is 1. The Morgan fingerprint density at radius 1 is 1.15 bits per heavy atom. The van der Waals surface area contributed by atoms with E-state index in [0.717, 1.165) is 48.3 Å². The molecule has 5 rings (SSSR count). The number of aromatic nitrogens is 6. The van der Waals surface area contributed by atoms with Gasteiger partial charge >= 0.3 is 0 Å². The largest absolute Gasteiger partial charge is 0.497 e. The van der Waals surface area contributed by atoms with E-state index in [1.54, 1.807) is 13.3 Å². The van der Waals surface area contributed by atoms with E-state index >= 15 is 0 Å². The van der Waals surface area contributed by atoms with Crippen molar-refractivity contribution in [3.63, 3.8) is 0 Å². The van der Waals surface area contributed by atoms with Gasteiger partial charge in [0.1, 0.15) is 11.3 Å². The summed E-state index contributed by atoms with van der Waals surface area (Å²) >= 11 is 2.20. The van der Waals surface area contributed by atoms with Crippen molar-refractivity contribution in [1.29, 1.82) is 0 Å². The monoisotopic (exact) mass is 560 g/mol. The fourth-order valence-corrected chi connectivity index (χ4v) is 4.17. The standard InChI is InChI=1S/C26H21IN6O/c1-4-6-17(13-15(2)27)20-9-10-21-23(29-20)24(33-32-21)26-30-22-19(11-12-28-25(22)31-26)16-7-5-8-18(14-16)34-3/h4-14H,2H2,1,3H3,(H,32,33)(H,28,30,31)/b6-4-,17-13+. The van der Waals surface area contributed by atoms with Gasteiger partial charge in [-0.15, -0.1) is 0 Å². The number of nitrogens with zero attached hydrogens (tertiary/aromatic N) is 4. The van der Waals surface area contributed by atoms with Crippen LogP contribution in [-0.2, 0) is 0 Å². The average Bonchev–Trinajstić information content (AvgIpc) is 3.47. The minimum Gasteiger partial charge on any atom is -0.497 e. The summed E-state index contributed by atoms with van der Waals surface area (Å²) in [6, 6.07) is 13.8. The topological polar surface area (TPSA) is 92.4 Å². The Bertz CT molecular complexity index is 1590. The summed E-state index contributed by atoms with van der Waals surface area (Å²) in [5.74, 6) is 1.39. The Balaban J connectivity index is 1.65. The van der Waals surface area contributed by atoms with Crippen LogP contribution in [-0.4, -0.2) is 37.2 Å². The molecule has 0 atom stereocenters. The predicted octanol–water partition coefficient (Wildman–Crippen LogP) is 6.48. The van der Waals surface area contributed by atoms with Gasteiger partial charge in [0.05, 0.1) is 23.8 Å². The molecule has 168 valence electrons. The first kappa shape index (κ1) is 22.0. The Morgan fingerprint density at radius 3 is 2.82 bits per heavy atom. The zero-order valence-corrected chi connectivity index (χ0v) is 20.8. The van der Waals surface area contributed by atoms with Crippen LogP contribution in [0.1, 0.15) is 12.6 Å². The van der Waals surface area contributed by atoms with Gasteiger partial charge in [-0.25, -0.2) is 15.0 Å². The Labute approximate surface area is 209 Å². The minimum absolute atomic E-state index is 0.601. The maximum Gasteiger partial charge on any atom is 0.178 e. The van der Waals surface area contributed by atoms with E-state index in [9.17, 15) is 0 Å². The zero-order valence-electron chi connectivity index (χ0n) is 18.6. The van der Waals surface area contributed by atoms with Crippen molar-refractivity contribution in [3.8, 4) is 28.4 Å². The van der Waals surface area contributed by atoms with Crippen molar-refractivity contribution >= 4 is 50.4 Å². The first-order valence-electron chi connectivity index (χ1n) is 10.6. The number of nitrogens with one attached hydrogen (secondary N) is 2. The second kappa shape index (κ2) is 9.22. The third-order valence-corrected chi connectivity index (χ3v) is 5.67. The fraction of sp³-hybridized carbons (Fsp3) is 0.0769. The van der Waals surface area contributed by atoms with Crippen LogP contribution in [0.15, 0.2) is 77.0 Å². The highest BCUT2D eigenvalue weighted by molar-refractivity contribution is 14.1. The first-order valence-corrected chi connectivity index (χ1v) is 11.7. The van der Waals surface area contributed by atoms with E-state index in [2.05, 4.69) is 49.3 Å². The van der Waals surface area contributed by atoms with E-state index in [0.29, 0.717) is 17.2 Å². The molecule has 0 aliphatic carbocycles. The summed E-state index contributed by atoms with van der Waals surface area (Å²) in [4.78, 5) is 17.5. The molecule has 2 N–H and O–H groups in total. The van der Waals surface area contributed by atoms with Crippen LogP contribution in [0, 0.1) is 0 Å². The molecular formula is C26H21IN6O. The summed E-state index contributed by atoms with van der Waals surface area (Å²) in [6.45, 7) is 5.97. The fourth-order valence-electron chi connectivity index (χ4n) is 3.83. The molecule has 7 nitrogen and oxygen atoms in total. The number of aromatic amines is 2. The number of fused-ring (bicyclic) bond motifs is 2. The molecule has 0 unspecified atom stereocenters. The normalized spacial score (nSPS) is 12.1. The van der Waals surface area contributed by atoms with Gasteiger partial charge in [0.25, 0.3) is 0 Å². The van der Waals surface area contributed by atoms with Gasteiger partial charge in [-0.3, -0.25) is 5.10 Å². The molecule has 0 amide bonds. The number of imidazole rings is 1. The van der Waals surface area contributed by atoms with Crippen LogP contribution >= 0.6 is 22.6 Å². The van der Waals surface area contributed by atoms with Gasteiger partial charge in [0, 0.05) is 20.9 Å². The van der Waals surface area contributed by atoms with E-state index < -0.39 is 0 Å². The Morgan fingerprint density at radius 2 is 2.03 bits per heavy atom. The number of allylic oxidation sites excluding steroid dienone is 5. The van der Waals surface area contributed by atoms with Crippen LogP contribution in [0.2, 0.25) is 0 Å². The maximum atomic E-state index is 5.39. The molecule has 34 heavy (non-hydrogen) atoms. The molecule has 8 heteroatoms. The van der Waals surface area contributed by atoms with Crippen LogP contribution in [0.25, 0.3) is 50.4 Å². The van der Waals surface area contributed by atoms with Gasteiger partial charge in [-0.1, -0.05) is 30.9 Å². The van der Waals surface area contributed by atoms with Crippen LogP contribution < -0.4 is 4.74 Å². The number of methoxy groups -OCH3 is 1. The Kier molecular flexibility index (Phi) is 5.97. The molecule has 0 aliphatic heterocycles.